The molecule has 0 aliphatic carbocycles. The Morgan fingerprint density at radius 3 is 3.07 bits per heavy atom. The summed E-state index contributed by atoms with van der Waals surface area (Å²) in [4.78, 5) is 0. The van der Waals surface area contributed by atoms with Crippen molar-refractivity contribution in [3.05, 3.63) is 12.7 Å². The Morgan fingerprint density at radius 2 is 2.40 bits per heavy atom. The van der Waals surface area contributed by atoms with Crippen molar-refractivity contribution in [3.63, 3.8) is 0 Å². The van der Waals surface area contributed by atoms with Crippen molar-refractivity contribution in [2.75, 3.05) is 19.7 Å². The number of rotatable bonds is 3. The first kappa shape index (κ1) is 11.1. The van der Waals surface area contributed by atoms with Gasteiger partial charge in [0, 0.05) is 31.8 Å². The minimum Gasteiger partial charge on any atom is -0.377 e. The van der Waals surface area contributed by atoms with Crippen LogP contribution in [0.1, 0.15) is 19.3 Å². The van der Waals surface area contributed by atoms with Gasteiger partial charge in [-0.3, -0.25) is 5.84 Å². The largest absolute Gasteiger partial charge is 0.377 e. The third-order valence-corrected chi connectivity index (χ3v) is 3.20. The van der Waals surface area contributed by atoms with Gasteiger partial charge in [0.1, 0.15) is 0 Å². The molecule has 4 heteroatoms. The average molecular weight is 211 g/mol. The topological polar surface area (TPSA) is 50.5 Å². The van der Waals surface area contributed by atoms with Crippen molar-refractivity contribution in [2.45, 2.75) is 37.5 Å². The number of nitrogens with two attached hydrogens (primary N) is 1. The molecule has 2 rings (SSSR count). The zero-order valence-corrected chi connectivity index (χ0v) is 9.19. The number of hydrazine groups is 1. The molecule has 4 nitrogen and oxygen atoms in total. The molecule has 0 spiro atoms. The lowest BCUT2D eigenvalue weighted by Gasteiger charge is -2.38. The van der Waals surface area contributed by atoms with Crippen LogP contribution in [0.2, 0.25) is 0 Å². The van der Waals surface area contributed by atoms with E-state index in [-0.39, 0.29) is 0 Å². The summed E-state index contributed by atoms with van der Waals surface area (Å²) in [5.74, 6) is 5.92. The molecule has 2 aliphatic heterocycles. The Morgan fingerprint density at radius 1 is 1.53 bits per heavy atom. The van der Waals surface area contributed by atoms with Gasteiger partial charge in [-0.05, 0) is 19.3 Å². The van der Waals surface area contributed by atoms with Gasteiger partial charge in [-0.25, -0.2) is 5.01 Å². The lowest BCUT2D eigenvalue weighted by atomic mass is 10.0. The summed E-state index contributed by atoms with van der Waals surface area (Å²) in [6.07, 6.45) is 5.61. The Kier molecular flexibility index (Phi) is 3.75. The molecule has 2 heterocycles. The second-order valence-electron chi connectivity index (χ2n) is 4.50. The molecule has 0 saturated carbocycles. The maximum Gasteiger partial charge on any atom is 0.0742 e. The molecule has 0 amide bonds. The smallest absolute Gasteiger partial charge is 0.0742 e. The highest BCUT2D eigenvalue weighted by Gasteiger charge is 2.32. The van der Waals surface area contributed by atoms with Gasteiger partial charge in [-0.1, -0.05) is 6.08 Å². The normalized spacial score (nSPS) is 38.1. The van der Waals surface area contributed by atoms with Gasteiger partial charge in [-0.15, -0.1) is 6.58 Å². The Labute approximate surface area is 91.4 Å². The molecule has 2 fully saturated rings. The van der Waals surface area contributed by atoms with Crippen LogP contribution >= 0.6 is 0 Å². The fourth-order valence-electron chi connectivity index (χ4n) is 2.51. The van der Waals surface area contributed by atoms with Gasteiger partial charge in [0.2, 0.25) is 0 Å². The van der Waals surface area contributed by atoms with E-state index < -0.39 is 0 Å². The van der Waals surface area contributed by atoms with Crippen molar-refractivity contribution in [1.82, 2.24) is 10.3 Å². The van der Waals surface area contributed by atoms with Crippen LogP contribution in [-0.4, -0.2) is 42.9 Å². The zero-order valence-electron chi connectivity index (χ0n) is 9.19. The third-order valence-electron chi connectivity index (χ3n) is 3.20. The summed E-state index contributed by atoms with van der Waals surface area (Å²) < 4.78 is 5.70. The van der Waals surface area contributed by atoms with Gasteiger partial charge in [0.15, 0.2) is 0 Å². The predicted octanol–water partition coefficient (Wildman–Crippen LogP) is 0.258. The first-order valence-corrected chi connectivity index (χ1v) is 5.78. The zero-order chi connectivity index (χ0) is 10.7. The van der Waals surface area contributed by atoms with Crippen LogP contribution in [0.15, 0.2) is 12.7 Å². The number of nitrogens with zero attached hydrogens (tertiary/aromatic N) is 1. The van der Waals surface area contributed by atoms with E-state index in [1.165, 1.54) is 6.42 Å². The fraction of sp³-hybridized carbons (Fsp3) is 0.818. The van der Waals surface area contributed by atoms with Crippen LogP contribution in [0, 0.1) is 0 Å². The number of hydrogen-bond acceptors (Lipinski definition) is 4. The molecule has 1 unspecified atom stereocenters. The molecule has 0 radical (unpaired) electrons. The third kappa shape index (κ3) is 2.78. The average Bonchev–Trinajstić information content (AvgIpc) is 2.70. The first-order valence-electron chi connectivity index (χ1n) is 5.78. The van der Waals surface area contributed by atoms with E-state index in [9.17, 15) is 0 Å². The lowest BCUT2D eigenvalue weighted by Crippen LogP contribution is -2.61. The maximum atomic E-state index is 5.92. The van der Waals surface area contributed by atoms with Crippen LogP contribution < -0.4 is 11.2 Å². The van der Waals surface area contributed by atoms with E-state index in [0.717, 1.165) is 32.5 Å². The minimum atomic E-state index is 0.351. The number of ether oxygens (including phenoxy) is 1. The fourth-order valence-corrected chi connectivity index (χ4v) is 2.51. The van der Waals surface area contributed by atoms with E-state index in [1.807, 2.05) is 11.1 Å². The van der Waals surface area contributed by atoms with E-state index in [1.54, 1.807) is 0 Å². The highest BCUT2D eigenvalue weighted by Crippen LogP contribution is 2.19. The first-order chi connectivity index (χ1) is 7.29. The molecule has 3 atom stereocenters. The van der Waals surface area contributed by atoms with Crippen LogP contribution in [0.3, 0.4) is 0 Å². The van der Waals surface area contributed by atoms with E-state index in [0.29, 0.717) is 18.2 Å². The molecule has 0 aromatic rings. The summed E-state index contributed by atoms with van der Waals surface area (Å²) >= 11 is 0. The Balaban J connectivity index is 1.90. The summed E-state index contributed by atoms with van der Waals surface area (Å²) in [6.45, 7) is 6.46. The monoisotopic (exact) mass is 211 g/mol. The summed E-state index contributed by atoms with van der Waals surface area (Å²) in [7, 11) is 0. The van der Waals surface area contributed by atoms with Gasteiger partial charge in [-0.2, -0.15) is 0 Å². The Hall–Kier alpha value is -0.420. The van der Waals surface area contributed by atoms with Gasteiger partial charge in [0.25, 0.3) is 0 Å². The molecule has 86 valence electrons. The van der Waals surface area contributed by atoms with Crippen molar-refractivity contribution in [2.24, 2.45) is 5.84 Å². The maximum absolute atomic E-state index is 5.92. The second-order valence-corrected chi connectivity index (χ2v) is 4.50. The molecular formula is C11H21N3O. The molecule has 0 bridgehead atoms. The minimum absolute atomic E-state index is 0.351. The van der Waals surface area contributed by atoms with E-state index in [2.05, 4.69) is 11.9 Å². The van der Waals surface area contributed by atoms with Gasteiger partial charge >= 0.3 is 0 Å². The van der Waals surface area contributed by atoms with E-state index >= 15 is 0 Å². The molecule has 15 heavy (non-hydrogen) atoms. The van der Waals surface area contributed by atoms with Crippen LogP contribution in [0.5, 0.6) is 0 Å². The summed E-state index contributed by atoms with van der Waals surface area (Å²) in [5, 5.41) is 5.51. The van der Waals surface area contributed by atoms with Crippen molar-refractivity contribution in [3.8, 4) is 0 Å². The predicted molar refractivity (Wildman–Crippen MR) is 60.3 cm³/mol. The van der Waals surface area contributed by atoms with Gasteiger partial charge in [0.05, 0.1) is 6.10 Å². The number of hydrogen-bond donors (Lipinski definition) is 2. The Bertz CT molecular complexity index is 216. The quantitative estimate of drug-likeness (QED) is 0.519. The van der Waals surface area contributed by atoms with Crippen LogP contribution in [0.4, 0.5) is 0 Å². The van der Waals surface area contributed by atoms with Crippen molar-refractivity contribution in [1.29, 1.82) is 0 Å². The standard InChI is InChI=1S/C11H21N3O/c1-2-4-9-7-14(12)8-10(13-9)11-5-3-6-15-11/h2,9-11,13H,1,3-8,12H2/t9-,10?,11+/m0/s1. The molecule has 0 aromatic carbocycles. The van der Waals surface area contributed by atoms with Crippen LogP contribution in [-0.2, 0) is 4.74 Å². The van der Waals surface area contributed by atoms with Crippen LogP contribution in [0.25, 0.3) is 0 Å². The van der Waals surface area contributed by atoms with E-state index in [4.69, 9.17) is 10.6 Å². The summed E-state index contributed by atoms with van der Waals surface area (Å²) in [5.41, 5.74) is 0. The highest BCUT2D eigenvalue weighted by molar-refractivity contribution is 4.92. The molecule has 0 aromatic heterocycles. The number of piperazine rings is 1. The SMILES string of the molecule is C=CC[C@H]1CN(N)CC([C@H]2CCCO2)N1. The molecule has 2 aliphatic rings. The summed E-state index contributed by atoms with van der Waals surface area (Å²) in [6, 6.07) is 0.812. The van der Waals surface area contributed by atoms with Crippen molar-refractivity contribution >= 4 is 0 Å². The lowest BCUT2D eigenvalue weighted by molar-refractivity contribution is 0.0372. The van der Waals surface area contributed by atoms with Crippen molar-refractivity contribution < 1.29 is 4.74 Å². The highest BCUT2D eigenvalue weighted by atomic mass is 16.5. The molecule has 3 N–H and O–H groups in total. The second kappa shape index (κ2) is 5.07. The van der Waals surface area contributed by atoms with Gasteiger partial charge < -0.3 is 10.1 Å². The number of nitrogens with one attached hydrogen (secondary N) is 1. The molecular weight excluding hydrogens is 190 g/mol. The molecule has 2 saturated heterocycles.